The molecule has 0 saturated carbocycles. The molecule has 1 rings (SSSR count). The second-order valence-corrected chi connectivity index (χ2v) is 5.91. The van der Waals surface area contributed by atoms with Gasteiger partial charge in [-0.05, 0) is 45.6 Å². The highest BCUT2D eigenvalue weighted by atomic mass is 16.2. The number of nitrogens with one attached hydrogen (secondary N) is 1. The van der Waals surface area contributed by atoms with Crippen molar-refractivity contribution in [2.24, 2.45) is 5.92 Å². The topological polar surface area (TPSA) is 32.3 Å². The first-order chi connectivity index (χ1) is 7.93. The lowest BCUT2D eigenvalue weighted by atomic mass is 9.91. The molecule has 1 saturated heterocycles. The monoisotopic (exact) mass is 240 g/mol. The van der Waals surface area contributed by atoms with E-state index in [4.69, 9.17) is 0 Å². The molecule has 100 valence electrons. The third kappa shape index (κ3) is 3.21. The summed E-state index contributed by atoms with van der Waals surface area (Å²) in [6.07, 6.45) is 3.00. The minimum absolute atomic E-state index is 0.279. The standard InChI is InChI=1S/C14H28N2O/c1-6-14(8-7-9-15-14)13(17)16(12(4)5)10-11(2)3/h11-12,15H,6-10H2,1-5H3. The minimum Gasteiger partial charge on any atom is -0.338 e. The van der Waals surface area contributed by atoms with Gasteiger partial charge in [-0.25, -0.2) is 0 Å². The first-order valence-corrected chi connectivity index (χ1v) is 6.99. The van der Waals surface area contributed by atoms with Crippen LogP contribution in [0.3, 0.4) is 0 Å². The molecular weight excluding hydrogens is 212 g/mol. The number of hydrogen-bond acceptors (Lipinski definition) is 2. The van der Waals surface area contributed by atoms with Crippen LogP contribution in [0.2, 0.25) is 0 Å². The van der Waals surface area contributed by atoms with Crippen molar-refractivity contribution in [3.8, 4) is 0 Å². The fourth-order valence-electron chi connectivity index (χ4n) is 2.64. The number of hydrogen-bond donors (Lipinski definition) is 1. The summed E-state index contributed by atoms with van der Waals surface area (Å²) < 4.78 is 0. The van der Waals surface area contributed by atoms with Gasteiger partial charge in [0.15, 0.2) is 0 Å². The molecule has 0 aromatic carbocycles. The Balaban J connectivity index is 2.82. The summed E-state index contributed by atoms with van der Waals surface area (Å²) in [6.45, 7) is 12.5. The summed E-state index contributed by atoms with van der Waals surface area (Å²) in [7, 11) is 0. The average molecular weight is 240 g/mol. The summed E-state index contributed by atoms with van der Waals surface area (Å²) in [5, 5.41) is 3.44. The molecule has 0 radical (unpaired) electrons. The van der Waals surface area contributed by atoms with Crippen molar-refractivity contribution in [1.29, 1.82) is 0 Å². The predicted molar refractivity (Wildman–Crippen MR) is 71.9 cm³/mol. The van der Waals surface area contributed by atoms with Crippen LogP contribution in [0, 0.1) is 5.92 Å². The molecule has 3 nitrogen and oxygen atoms in total. The fourth-order valence-corrected chi connectivity index (χ4v) is 2.64. The molecule has 3 heteroatoms. The Morgan fingerprint density at radius 2 is 2.00 bits per heavy atom. The number of carbonyl (C=O) groups is 1. The van der Waals surface area contributed by atoms with Crippen molar-refractivity contribution in [3.63, 3.8) is 0 Å². The Morgan fingerprint density at radius 1 is 1.35 bits per heavy atom. The quantitative estimate of drug-likeness (QED) is 0.800. The van der Waals surface area contributed by atoms with E-state index in [1.54, 1.807) is 0 Å². The van der Waals surface area contributed by atoms with Gasteiger partial charge in [0.1, 0.15) is 0 Å². The van der Waals surface area contributed by atoms with E-state index in [9.17, 15) is 4.79 Å². The Kier molecular flexibility index (Phi) is 4.99. The maximum absolute atomic E-state index is 12.7. The normalized spacial score (nSPS) is 24.6. The fraction of sp³-hybridized carbons (Fsp3) is 0.929. The summed E-state index contributed by atoms with van der Waals surface area (Å²) in [4.78, 5) is 14.8. The molecule has 0 bridgehead atoms. The minimum atomic E-state index is -0.279. The number of amides is 1. The van der Waals surface area contributed by atoms with E-state index in [2.05, 4.69) is 39.9 Å². The van der Waals surface area contributed by atoms with Crippen LogP contribution < -0.4 is 5.32 Å². The lowest BCUT2D eigenvalue weighted by molar-refractivity contribution is -0.140. The first kappa shape index (κ1) is 14.5. The van der Waals surface area contributed by atoms with Crippen molar-refractivity contribution in [2.45, 2.75) is 65.5 Å². The maximum Gasteiger partial charge on any atom is 0.243 e. The van der Waals surface area contributed by atoms with Crippen molar-refractivity contribution in [2.75, 3.05) is 13.1 Å². The molecule has 1 aliphatic rings. The molecule has 0 aromatic heterocycles. The van der Waals surface area contributed by atoms with E-state index in [0.29, 0.717) is 11.8 Å². The Hall–Kier alpha value is -0.570. The van der Waals surface area contributed by atoms with Crippen LogP contribution in [-0.2, 0) is 4.79 Å². The molecule has 0 aliphatic carbocycles. The summed E-state index contributed by atoms with van der Waals surface area (Å²) in [5.74, 6) is 0.831. The van der Waals surface area contributed by atoms with Gasteiger partial charge >= 0.3 is 0 Å². The summed E-state index contributed by atoms with van der Waals surface area (Å²) in [5.41, 5.74) is -0.279. The van der Waals surface area contributed by atoms with Gasteiger partial charge in [0.05, 0.1) is 5.54 Å². The lowest BCUT2D eigenvalue weighted by Crippen LogP contribution is -2.57. The maximum atomic E-state index is 12.7. The third-order valence-corrected chi connectivity index (χ3v) is 3.70. The van der Waals surface area contributed by atoms with Crippen molar-refractivity contribution in [3.05, 3.63) is 0 Å². The largest absolute Gasteiger partial charge is 0.338 e. The zero-order chi connectivity index (χ0) is 13.1. The molecule has 0 aromatic rings. The van der Waals surface area contributed by atoms with Gasteiger partial charge < -0.3 is 10.2 Å². The molecule has 1 fully saturated rings. The van der Waals surface area contributed by atoms with Gasteiger partial charge in [-0.1, -0.05) is 20.8 Å². The second kappa shape index (κ2) is 5.85. The molecule has 1 N–H and O–H groups in total. The highest BCUT2D eigenvalue weighted by molar-refractivity contribution is 5.87. The number of nitrogens with zero attached hydrogens (tertiary/aromatic N) is 1. The SMILES string of the molecule is CCC1(C(=O)N(CC(C)C)C(C)C)CCCN1. The molecule has 1 atom stereocenters. The Morgan fingerprint density at radius 3 is 2.35 bits per heavy atom. The zero-order valence-electron chi connectivity index (χ0n) is 12.0. The van der Waals surface area contributed by atoms with Crippen molar-refractivity contribution in [1.82, 2.24) is 10.2 Å². The van der Waals surface area contributed by atoms with Crippen LogP contribution in [0.1, 0.15) is 53.9 Å². The van der Waals surface area contributed by atoms with E-state index >= 15 is 0 Å². The average Bonchev–Trinajstić information content (AvgIpc) is 2.74. The van der Waals surface area contributed by atoms with E-state index in [1.807, 2.05) is 4.90 Å². The van der Waals surface area contributed by atoms with Crippen molar-refractivity contribution >= 4 is 5.91 Å². The zero-order valence-corrected chi connectivity index (χ0v) is 12.0. The van der Waals surface area contributed by atoms with Gasteiger partial charge in [-0.3, -0.25) is 4.79 Å². The first-order valence-electron chi connectivity index (χ1n) is 6.99. The predicted octanol–water partition coefficient (Wildman–Crippen LogP) is 2.41. The second-order valence-electron chi connectivity index (χ2n) is 5.91. The molecule has 0 spiro atoms. The van der Waals surface area contributed by atoms with Crippen molar-refractivity contribution < 1.29 is 4.79 Å². The van der Waals surface area contributed by atoms with Crippen LogP contribution in [0.4, 0.5) is 0 Å². The van der Waals surface area contributed by atoms with E-state index in [1.165, 1.54) is 0 Å². The van der Waals surface area contributed by atoms with Gasteiger partial charge in [0.2, 0.25) is 5.91 Å². The molecule has 1 unspecified atom stereocenters. The van der Waals surface area contributed by atoms with Gasteiger partial charge in [-0.2, -0.15) is 0 Å². The number of carbonyl (C=O) groups excluding carboxylic acids is 1. The molecule has 1 amide bonds. The Bertz CT molecular complexity index is 255. The van der Waals surface area contributed by atoms with Crippen LogP contribution in [-0.4, -0.2) is 35.5 Å². The van der Waals surface area contributed by atoms with Crippen LogP contribution in [0.15, 0.2) is 0 Å². The molecule has 17 heavy (non-hydrogen) atoms. The molecular formula is C14H28N2O. The smallest absolute Gasteiger partial charge is 0.243 e. The lowest BCUT2D eigenvalue weighted by Gasteiger charge is -2.37. The van der Waals surface area contributed by atoms with E-state index in [0.717, 1.165) is 32.4 Å². The molecule has 1 heterocycles. The summed E-state index contributed by atoms with van der Waals surface area (Å²) >= 11 is 0. The highest BCUT2D eigenvalue weighted by Gasteiger charge is 2.42. The highest BCUT2D eigenvalue weighted by Crippen LogP contribution is 2.26. The van der Waals surface area contributed by atoms with E-state index in [-0.39, 0.29) is 11.6 Å². The van der Waals surface area contributed by atoms with Gasteiger partial charge in [-0.15, -0.1) is 0 Å². The van der Waals surface area contributed by atoms with Gasteiger partial charge in [0.25, 0.3) is 0 Å². The number of rotatable bonds is 5. The third-order valence-electron chi connectivity index (χ3n) is 3.70. The van der Waals surface area contributed by atoms with E-state index < -0.39 is 0 Å². The van der Waals surface area contributed by atoms with Crippen LogP contribution in [0.5, 0.6) is 0 Å². The molecule has 1 aliphatic heterocycles. The van der Waals surface area contributed by atoms with Crippen LogP contribution >= 0.6 is 0 Å². The van der Waals surface area contributed by atoms with Gasteiger partial charge in [0, 0.05) is 12.6 Å². The Labute approximate surface area is 106 Å². The van der Waals surface area contributed by atoms with Crippen LogP contribution in [0.25, 0.3) is 0 Å². The summed E-state index contributed by atoms with van der Waals surface area (Å²) in [6, 6.07) is 0.288.